The van der Waals surface area contributed by atoms with Gasteiger partial charge in [-0.3, -0.25) is 14.8 Å². The predicted octanol–water partition coefficient (Wildman–Crippen LogP) is 5.70. The van der Waals surface area contributed by atoms with E-state index < -0.39 is 0 Å². The Morgan fingerprint density at radius 2 is 2.00 bits per heavy atom. The average molecular weight is 504 g/mol. The van der Waals surface area contributed by atoms with E-state index in [2.05, 4.69) is 53.1 Å². The van der Waals surface area contributed by atoms with Crippen molar-refractivity contribution in [3.05, 3.63) is 89.5 Å². The molecule has 0 radical (unpaired) electrons. The van der Waals surface area contributed by atoms with E-state index in [1.54, 1.807) is 0 Å². The Labute approximate surface area is 223 Å². The summed E-state index contributed by atoms with van der Waals surface area (Å²) in [7, 11) is 0. The molecule has 0 unspecified atom stereocenters. The molecule has 3 N–H and O–H groups in total. The minimum absolute atomic E-state index is 0.0276. The van der Waals surface area contributed by atoms with Gasteiger partial charge in [-0.2, -0.15) is 0 Å². The molecular formula is C32H33N5O. The van der Waals surface area contributed by atoms with Gasteiger partial charge in [-0.25, -0.2) is 0 Å². The van der Waals surface area contributed by atoms with Crippen molar-refractivity contribution in [2.45, 2.75) is 39.0 Å². The van der Waals surface area contributed by atoms with Crippen LogP contribution in [0.3, 0.4) is 0 Å². The second-order valence-corrected chi connectivity index (χ2v) is 10.7. The molecule has 6 heteroatoms. The van der Waals surface area contributed by atoms with Crippen molar-refractivity contribution in [3.8, 4) is 0 Å². The number of rotatable bonds is 7. The number of pyridine rings is 2. The zero-order chi connectivity index (χ0) is 26.1. The number of fused-ring (bicyclic) bond motifs is 1. The number of ketones is 1. The summed E-state index contributed by atoms with van der Waals surface area (Å²) in [6.45, 7) is 3.82. The lowest BCUT2D eigenvalue weighted by Gasteiger charge is -2.28. The predicted molar refractivity (Wildman–Crippen MR) is 153 cm³/mol. The highest BCUT2D eigenvalue weighted by atomic mass is 16.1. The van der Waals surface area contributed by atoms with Crippen molar-refractivity contribution in [3.63, 3.8) is 0 Å². The van der Waals surface area contributed by atoms with Crippen LogP contribution in [0, 0.1) is 24.2 Å². The van der Waals surface area contributed by atoms with Crippen LogP contribution in [0.25, 0.3) is 27.7 Å². The first-order chi connectivity index (χ1) is 18.5. The number of aromatic nitrogens is 2. The van der Waals surface area contributed by atoms with Crippen molar-refractivity contribution < 1.29 is 4.79 Å². The lowest BCUT2D eigenvalue weighted by Crippen LogP contribution is -2.44. The summed E-state index contributed by atoms with van der Waals surface area (Å²) in [5.41, 5.74) is 9.06. The lowest BCUT2D eigenvalue weighted by atomic mass is 9.81. The molecule has 6 nitrogen and oxygen atoms in total. The second-order valence-electron chi connectivity index (χ2n) is 10.7. The van der Waals surface area contributed by atoms with Gasteiger partial charge in [0.15, 0.2) is 5.78 Å². The van der Waals surface area contributed by atoms with E-state index in [0.717, 1.165) is 77.9 Å². The highest BCUT2D eigenvalue weighted by Crippen LogP contribution is 2.34. The zero-order valence-corrected chi connectivity index (χ0v) is 21.8. The molecule has 3 aromatic rings. The van der Waals surface area contributed by atoms with E-state index in [0.29, 0.717) is 18.1 Å². The number of hydrogen-bond donors (Lipinski definition) is 3. The van der Waals surface area contributed by atoms with Crippen LogP contribution in [0.4, 0.5) is 0 Å². The van der Waals surface area contributed by atoms with Gasteiger partial charge in [-0.1, -0.05) is 24.3 Å². The fourth-order valence-corrected chi connectivity index (χ4v) is 5.63. The summed E-state index contributed by atoms with van der Waals surface area (Å²) in [6.07, 6.45) is 12.1. The first kappa shape index (κ1) is 24.4. The van der Waals surface area contributed by atoms with Gasteiger partial charge in [-0.05, 0) is 110 Å². The van der Waals surface area contributed by atoms with Crippen LogP contribution < -0.4 is 10.6 Å². The van der Waals surface area contributed by atoms with Gasteiger partial charge in [0.25, 0.3) is 0 Å². The topological polar surface area (TPSA) is 90.8 Å². The number of aryl methyl sites for hydroxylation is 1. The second kappa shape index (κ2) is 10.5. The van der Waals surface area contributed by atoms with Crippen molar-refractivity contribution >= 4 is 39.2 Å². The van der Waals surface area contributed by atoms with E-state index in [1.165, 1.54) is 11.1 Å². The van der Waals surface area contributed by atoms with Crippen molar-refractivity contribution in [2.24, 2.45) is 11.8 Å². The molecule has 2 aromatic heterocycles. The number of benzene rings is 1. The van der Waals surface area contributed by atoms with Gasteiger partial charge in [0.05, 0.1) is 22.6 Å². The highest BCUT2D eigenvalue weighted by molar-refractivity contribution is 6.39. The number of carbonyl (C=O) groups excluding carboxylic acids is 1. The number of dihydropyridines is 1. The molecule has 6 rings (SSSR count). The van der Waals surface area contributed by atoms with Gasteiger partial charge in [0.2, 0.25) is 0 Å². The highest BCUT2D eigenvalue weighted by Gasteiger charge is 2.27. The van der Waals surface area contributed by atoms with E-state index >= 15 is 0 Å². The third kappa shape index (κ3) is 4.96. The minimum Gasteiger partial charge on any atom is -0.360 e. The van der Waals surface area contributed by atoms with Crippen LogP contribution in [0.2, 0.25) is 0 Å². The van der Waals surface area contributed by atoms with Gasteiger partial charge in [0.1, 0.15) is 0 Å². The fourth-order valence-electron chi connectivity index (χ4n) is 5.63. The molecule has 1 atom stereocenters. The molecule has 38 heavy (non-hydrogen) atoms. The molecular weight excluding hydrogens is 470 g/mol. The number of hydrogen-bond acceptors (Lipinski definition) is 6. The van der Waals surface area contributed by atoms with Crippen LogP contribution in [0.15, 0.2) is 67.0 Å². The number of nitrogens with zero attached hydrogens (tertiary/aromatic N) is 2. The van der Waals surface area contributed by atoms with Gasteiger partial charge >= 0.3 is 0 Å². The van der Waals surface area contributed by atoms with E-state index in [-0.39, 0.29) is 11.7 Å². The molecule has 0 bridgehead atoms. The Hall–Kier alpha value is -3.90. The SMILES string of the molecule is Cc1cccc(C2=C(c3ccc4ncc(C5=CC[C@H](C(=N)C(=O)CC6CNC6)CC5)cc4c3)CC=CN2)n1. The van der Waals surface area contributed by atoms with Gasteiger partial charge < -0.3 is 16.0 Å². The molecule has 192 valence electrons. The summed E-state index contributed by atoms with van der Waals surface area (Å²) in [5.74, 6) is 0.470. The maximum Gasteiger partial charge on any atom is 0.176 e. The molecule has 0 amide bonds. The summed E-state index contributed by atoms with van der Waals surface area (Å²) >= 11 is 0. The van der Waals surface area contributed by atoms with Crippen LogP contribution >= 0.6 is 0 Å². The Balaban J connectivity index is 1.24. The molecule has 3 aliphatic rings. The Bertz CT molecular complexity index is 1510. The summed E-state index contributed by atoms with van der Waals surface area (Å²) in [4.78, 5) is 22.0. The van der Waals surface area contributed by atoms with Crippen LogP contribution in [-0.4, -0.2) is 34.6 Å². The van der Waals surface area contributed by atoms with Gasteiger partial charge in [-0.15, -0.1) is 0 Å². The average Bonchev–Trinajstić information content (AvgIpc) is 2.94. The third-order valence-corrected chi connectivity index (χ3v) is 7.97. The Morgan fingerprint density at radius 1 is 1.13 bits per heavy atom. The Morgan fingerprint density at radius 3 is 2.76 bits per heavy atom. The summed E-state index contributed by atoms with van der Waals surface area (Å²) in [5, 5.41) is 16.2. The molecule has 2 aliphatic heterocycles. The number of Topliss-reactive ketones (excluding diaryl/α,β-unsaturated/α-hetero) is 1. The smallest absolute Gasteiger partial charge is 0.176 e. The first-order valence-corrected chi connectivity index (χ1v) is 13.6. The first-order valence-electron chi connectivity index (χ1n) is 13.6. The van der Waals surface area contributed by atoms with Crippen molar-refractivity contribution in [2.75, 3.05) is 13.1 Å². The minimum atomic E-state index is 0.0276. The maximum absolute atomic E-state index is 12.5. The largest absolute Gasteiger partial charge is 0.360 e. The van der Waals surface area contributed by atoms with Gasteiger partial charge in [0, 0.05) is 29.6 Å². The van der Waals surface area contributed by atoms with E-state index in [1.807, 2.05) is 31.5 Å². The number of allylic oxidation sites excluding steroid dienone is 4. The van der Waals surface area contributed by atoms with Crippen LogP contribution in [-0.2, 0) is 4.79 Å². The van der Waals surface area contributed by atoms with Crippen LogP contribution in [0.1, 0.15) is 54.6 Å². The number of nitrogens with one attached hydrogen (secondary N) is 3. The monoisotopic (exact) mass is 503 g/mol. The standard InChI is InChI=1S/C32H33N5O/c1-20-4-2-6-29(37-20)32-27(5-3-13-35-32)24-11-12-28-25(15-24)16-26(19-36-28)22-7-9-23(10-8-22)31(33)30(38)14-21-17-34-18-21/h2-4,6-7,11-13,15-16,19,21,23,33-35H,5,8-10,14,17-18H2,1H3/t23-/m0/s1. The normalized spacial score (nSPS) is 19.6. The quantitative estimate of drug-likeness (QED) is 0.360. The Kier molecular flexibility index (Phi) is 6.73. The summed E-state index contributed by atoms with van der Waals surface area (Å²) in [6, 6.07) is 14.8. The number of carbonyl (C=O) groups is 1. The lowest BCUT2D eigenvalue weighted by molar-refractivity contribution is -0.114. The molecule has 0 saturated carbocycles. The molecule has 1 aliphatic carbocycles. The maximum atomic E-state index is 12.5. The molecule has 4 heterocycles. The molecule has 1 fully saturated rings. The molecule has 0 spiro atoms. The fraction of sp³-hybridized carbons (Fsp3) is 0.312. The van der Waals surface area contributed by atoms with Crippen molar-refractivity contribution in [1.29, 1.82) is 5.41 Å². The van der Waals surface area contributed by atoms with E-state index in [4.69, 9.17) is 15.4 Å². The third-order valence-electron chi connectivity index (χ3n) is 7.97. The summed E-state index contributed by atoms with van der Waals surface area (Å²) < 4.78 is 0. The van der Waals surface area contributed by atoms with E-state index in [9.17, 15) is 4.79 Å². The van der Waals surface area contributed by atoms with Crippen LogP contribution in [0.5, 0.6) is 0 Å². The zero-order valence-electron chi connectivity index (χ0n) is 21.8. The molecule has 1 saturated heterocycles. The molecule has 1 aromatic carbocycles. The van der Waals surface area contributed by atoms with Crippen molar-refractivity contribution in [1.82, 2.24) is 20.6 Å².